The normalized spacial score (nSPS) is 11.2. The molecule has 0 N–H and O–H groups in total. The first-order chi connectivity index (χ1) is 10.2. The molecule has 0 saturated heterocycles. The molecule has 0 aliphatic heterocycles. The van der Waals surface area contributed by atoms with Crippen LogP contribution in [0.15, 0.2) is 42.5 Å². The highest BCUT2D eigenvalue weighted by molar-refractivity contribution is 6.30. The lowest BCUT2D eigenvalue weighted by Gasteiger charge is -2.10. The van der Waals surface area contributed by atoms with Gasteiger partial charge in [0.05, 0.1) is 17.6 Å². The first kappa shape index (κ1) is 14.1. The van der Waals surface area contributed by atoms with E-state index >= 15 is 0 Å². The van der Waals surface area contributed by atoms with E-state index in [4.69, 9.17) is 11.6 Å². The average molecular weight is 303 g/mol. The molecular formula is C17H16ClFN2. The van der Waals surface area contributed by atoms with Crippen molar-refractivity contribution in [3.8, 4) is 0 Å². The van der Waals surface area contributed by atoms with Crippen molar-refractivity contribution in [2.24, 2.45) is 0 Å². The molecule has 0 fully saturated rings. The minimum atomic E-state index is -0.236. The molecule has 0 unspecified atom stereocenters. The van der Waals surface area contributed by atoms with Gasteiger partial charge in [-0.25, -0.2) is 9.37 Å². The van der Waals surface area contributed by atoms with E-state index in [0.717, 1.165) is 29.7 Å². The van der Waals surface area contributed by atoms with Gasteiger partial charge in [-0.05, 0) is 36.8 Å². The average Bonchev–Trinajstić information content (AvgIpc) is 2.81. The summed E-state index contributed by atoms with van der Waals surface area (Å²) in [6, 6.07) is 12.6. The minimum absolute atomic E-state index is 0.236. The summed E-state index contributed by atoms with van der Waals surface area (Å²) in [7, 11) is 0. The Morgan fingerprint density at radius 2 is 2.00 bits per heavy atom. The van der Waals surface area contributed by atoms with E-state index in [1.165, 1.54) is 6.07 Å². The van der Waals surface area contributed by atoms with Crippen molar-refractivity contribution >= 4 is 22.6 Å². The van der Waals surface area contributed by atoms with Gasteiger partial charge in [0.2, 0.25) is 0 Å². The van der Waals surface area contributed by atoms with Gasteiger partial charge in [-0.2, -0.15) is 0 Å². The first-order valence-electron chi connectivity index (χ1n) is 7.07. The highest BCUT2D eigenvalue weighted by Crippen LogP contribution is 2.21. The van der Waals surface area contributed by atoms with Crippen LogP contribution in [0.25, 0.3) is 11.0 Å². The van der Waals surface area contributed by atoms with Gasteiger partial charge in [0.1, 0.15) is 11.6 Å². The summed E-state index contributed by atoms with van der Waals surface area (Å²) in [5.41, 5.74) is 2.56. The molecule has 0 aliphatic rings. The number of halogens is 2. The van der Waals surface area contributed by atoms with E-state index in [0.29, 0.717) is 17.1 Å². The van der Waals surface area contributed by atoms with Gasteiger partial charge < -0.3 is 4.57 Å². The number of hydrogen-bond acceptors (Lipinski definition) is 1. The van der Waals surface area contributed by atoms with Crippen molar-refractivity contribution in [3.63, 3.8) is 0 Å². The molecule has 3 rings (SSSR count). The van der Waals surface area contributed by atoms with E-state index in [1.54, 1.807) is 12.1 Å². The lowest BCUT2D eigenvalue weighted by atomic mass is 10.2. The molecule has 0 bridgehead atoms. The lowest BCUT2D eigenvalue weighted by Crippen LogP contribution is -2.06. The molecule has 1 aromatic heterocycles. The molecule has 0 spiro atoms. The van der Waals surface area contributed by atoms with E-state index in [9.17, 15) is 4.39 Å². The largest absolute Gasteiger partial charge is 0.323 e. The Hall–Kier alpha value is -1.87. The molecule has 0 saturated carbocycles. The van der Waals surface area contributed by atoms with Gasteiger partial charge in [0.15, 0.2) is 0 Å². The van der Waals surface area contributed by atoms with E-state index < -0.39 is 0 Å². The molecule has 1 heterocycles. The van der Waals surface area contributed by atoms with Crippen LogP contribution in [0.3, 0.4) is 0 Å². The molecule has 3 aromatic rings. The van der Waals surface area contributed by atoms with Crippen LogP contribution in [0.1, 0.15) is 24.7 Å². The summed E-state index contributed by atoms with van der Waals surface area (Å²) in [6.07, 6.45) is 1.87. The van der Waals surface area contributed by atoms with Gasteiger partial charge >= 0.3 is 0 Å². The van der Waals surface area contributed by atoms with E-state index in [-0.39, 0.29) is 5.82 Å². The summed E-state index contributed by atoms with van der Waals surface area (Å²) in [6.45, 7) is 2.56. The fourth-order valence-corrected chi connectivity index (χ4v) is 2.75. The standard InChI is InChI=1S/C17H16ClFN2/c1-2-5-17-20-15-6-3-4-7-16(15)21(17)11-12-10-13(18)8-9-14(12)19/h3-4,6-10H,2,5,11H2,1H3. The van der Waals surface area contributed by atoms with Crippen molar-refractivity contribution in [2.75, 3.05) is 0 Å². The third kappa shape index (κ3) is 2.79. The van der Waals surface area contributed by atoms with Gasteiger partial charge in [-0.15, -0.1) is 0 Å². The minimum Gasteiger partial charge on any atom is -0.323 e. The second-order valence-corrected chi connectivity index (χ2v) is 5.53. The van der Waals surface area contributed by atoms with Crippen molar-refractivity contribution in [2.45, 2.75) is 26.3 Å². The zero-order valence-electron chi connectivity index (χ0n) is 11.8. The third-order valence-electron chi connectivity index (χ3n) is 3.54. The number of aryl methyl sites for hydroxylation is 1. The molecule has 0 amide bonds. The second kappa shape index (κ2) is 5.86. The Kier molecular flexibility index (Phi) is 3.93. The monoisotopic (exact) mass is 302 g/mol. The maximum Gasteiger partial charge on any atom is 0.128 e. The zero-order chi connectivity index (χ0) is 14.8. The van der Waals surface area contributed by atoms with E-state index in [1.807, 2.05) is 24.3 Å². The number of hydrogen-bond donors (Lipinski definition) is 0. The van der Waals surface area contributed by atoms with Crippen molar-refractivity contribution in [1.82, 2.24) is 9.55 Å². The van der Waals surface area contributed by atoms with E-state index in [2.05, 4.69) is 16.5 Å². The van der Waals surface area contributed by atoms with Crippen LogP contribution in [0, 0.1) is 5.82 Å². The zero-order valence-corrected chi connectivity index (χ0v) is 12.6. The number of rotatable bonds is 4. The fraction of sp³-hybridized carbons (Fsp3) is 0.235. The van der Waals surface area contributed by atoms with Crippen molar-refractivity contribution in [3.05, 3.63) is 64.7 Å². The predicted molar refractivity (Wildman–Crippen MR) is 84.2 cm³/mol. The smallest absolute Gasteiger partial charge is 0.128 e. The predicted octanol–water partition coefficient (Wildman–Crippen LogP) is 4.83. The van der Waals surface area contributed by atoms with Crippen molar-refractivity contribution < 1.29 is 4.39 Å². The Labute approximate surface area is 128 Å². The summed E-state index contributed by atoms with van der Waals surface area (Å²) in [5, 5.41) is 0.549. The van der Waals surface area contributed by atoms with Crippen LogP contribution < -0.4 is 0 Å². The Balaban J connectivity index is 2.10. The number of imidazole rings is 1. The molecule has 0 atom stereocenters. The van der Waals surface area contributed by atoms with Crippen LogP contribution in [0.5, 0.6) is 0 Å². The molecule has 4 heteroatoms. The fourth-order valence-electron chi connectivity index (χ4n) is 2.55. The molecule has 0 aliphatic carbocycles. The Morgan fingerprint density at radius 1 is 1.19 bits per heavy atom. The van der Waals surface area contributed by atoms with Crippen LogP contribution >= 0.6 is 11.6 Å². The number of nitrogens with zero attached hydrogens (tertiary/aromatic N) is 2. The molecular weight excluding hydrogens is 287 g/mol. The number of para-hydroxylation sites is 2. The first-order valence-corrected chi connectivity index (χ1v) is 7.45. The molecule has 2 nitrogen and oxygen atoms in total. The van der Waals surface area contributed by atoms with Crippen LogP contribution in [0.4, 0.5) is 4.39 Å². The number of fused-ring (bicyclic) bond motifs is 1. The molecule has 0 radical (unpaired) electrons. The Bertz CT molecular complexity index is 780. The summed E-state index contributed by atoms with van der Waals surface area (Å²) in [4.78, 5) is 4.66. The van der Waals surface area contributed by atoms with Gasteiger partial charge in [-0.3, -0.25) is 0 Å². The quantitative estimate of drug-likeness (QED) is 0.675. The topological polar surface area (TPSA) is 17.8 Å². The maximum atomic E-state index is 14.0. The summed E-state index contributed by atoms with van der Waals surface area (Å²) in [5.74, 6) is 0.748. The Morgan fingerprint density at radius 3 is 2.81 bits per heavy atom. The SMILES string of the molecule is CCCc1nc2ccccc2n1Cc1cc(Cl)ccc1F. The molecule has 21 heavy (non-hydrogen) atoms. The highest BCUT2D eigenvalue weighted by atomic mass is 35.5. The highest BCUT2D eigenvalue weighted by Gasteiger charge is 2.12. The van der Waals surface area contributed by atoms with Gasteiger partial charge in [-0.1, -0.05) is 30.7 Å². The van der Waals surface area contributed by atoms with Gasteiger partial charge in [0.25, 0.3) is 0 Å². The van der Waals surface area contributed by atoms with Crippen LogP contribution in [-0.4, -0.2) is 9.55 Å². The summed E-state index contributed by atoms with van der Waals surface area (Å²) < 4.78 is 16.1. The number of aromatic nitrogens is 2. The van der Waals surface area contributed by atoms with Crippen LogP contribution in [-0.2, 0) is 13.0 Å². The van der Waals surface area contributed by atoms with Crippen molar-refractivity contribution in [1.29, 1.82) is 0 Å². The number of benzene rings is 2. The second-order valence-electron chi connectivity index (χ2n) is 5.09. The van der Waals surface area contributed by atoms with Gasteiger partial charge in [0, 0.05) is 17.0 Å². The third-order valence-corrected chi connectivity index (χ3v) is 3.78. The van der Waals surface area contributed by atoms with Crippen LogP contribution in [0.2, 0.25) is 5.02 Å². The lowest BCUT2D eigenvalue weighted by molar-refractivity contribution is 0.596. The molecule has 108 valence electrons. The maximum absolute atomic E-state index is 14.0. The summed E-state index contributed by atoms with van der Waals surface area (Å²) >= 11 is 5.98. The molecule has 2 aromatic carbocycles.